The molecular formula is C59H47N. The molecular weight excluding hydrogens is 723 g/mol. The predicted molar refractivity (Wildman–Crippen MR) is 259 cm³/mol. The summed E-state index contributed by atoms with van der Waals surface area (Å²) in [7, 11) is 0. The molecule has 0 aliphatic heterocycles. The molecule has 1 aliphatic rings. The SMILES string of the molecule is C=C(CC1=CC(c2ccccc2)CC=C1)c1ccccc1-c1cc(-c2ccc(N(c3cccc(C)c3)c3ccc4c5ccccc5c5ccccc5c4c3)cc2)ccc1C. The van der Waals surface area contributed by atoms with Crippen molar-refractivity contribution in [3.8, 4) is 22.3 Å². The fourth-order valence-corrected chi connectivity index (χ4v) is 9.31. The molecule has 0 heterocycles. The molecule has 1 aliphatic carbocycles. The maximum Gasteiger partial charge on any atom is 0.0468 e. The quantitative estimate of drug-likeness (QED) is 0.132. The molecule has 0 spiro atoms. The second-order valence-electron chi connectivity index (χ2n) is 16.3. The molecule has 0 amide bonds. The highest BCUT2D eigenvalue weighted by Crippen LogP contribution is 2.42. The van der Waals surface area contributed by atoms with E-state index in [0.717, 1.165) is 35.5 Å². The fourth-order valence-electron chi connectivity index (χ4n) is 9.31. The van der Waals surface area contributed by atoms with Gasteiger partial charge in [-0.1, -0.05) is 170 Å². The van der Waals surface area contributed by atoms with Crippen molar-refractivity contribution in [2.75, 3.05) is 4.90 Å². The van der Waals surface area contributed by atoms with Crippen LogP contribution < -0.4 is 4.90 Å². The van der Waals surface area contributed by atoms with E-state index in [1.807, 2.05) is 0 Å². The van der Waals surface area contributed by atoms with Crippen molar-refractivity contribution in [2.45, 2.75) is 32.6 Å². The number of hydrogen-bond acceptors (Lipinski definition) is 1. The van der Waals surface area contributed by atoms with Crippen LogP contribution in [0.1, 0.15) is 41.0 Å². The summed E-state index contributed by atoms with van der Waals surface area (Å²) in [5, 5.41) is 7.65. The number of anilines is 3. The minimum Gasteiger partial charge on any atom is -0.310 e. The summed E-state index contributed by atoms with van der Waals surface area (Å²) in [5.41, 5.74) is 15.7. The molecule has 0 N–H and O–H groups in total. The van der Waals surface area contributed by atoms with E-state index in [1.54, 1.807) is 0 Å². The van der Waals surface area contributed by atoms with Crippen molar-refractivity contribution in [3.05, 3.63) is 241 Å². The first-order valence-corrected chi connectivity index (χ1v) is 21.1. The summed E-state index contributed by atoms with van der Waals surface area (Å²) in [6.07, 6.45) is 8.88. The number of allylic oxidation sites excluding steroid dienone is 5. The first kappa shape index (κ1) is 37.1. The van der Waals surface area contributed by atoms with Gasteiger partial charge in [-0.3, -0.25) is 0 Å². The highest BCUT2D eigenvalue weighted by Gasteiger charge is 2.18. The average Bonchev–Trinajstić information content (AvgIpc) is 3.30. The molecule has 1 unspecified atom stereocenters. The van der Waals surface area contributed by atoms with Gasteiger partial charge in [0, 0.05) is 23.0 Å². The van der Waals surface area contributed by atoms with Crippen LogP contribution in [0.15, 0.2) is 218 Å². The van der Waals surface area contributed by atoms with Crippen LogP contribution in [-0.2, 0) is 0 Å². The second kappa shape index (κ2) is 15.9. The number of hydrogen-bond donors (Lipinski definition) is 0. The maximum absolute atomic E-state index is 4.66. The Morgan fingerprint density at radius 1 is 0.517 bits per heavy atom. The van der Waals surface area contributed by atoms with Gasteiger partial charge in [-0.05, 0) is 157 Å². The summed E-state index contributed by atoms with van der Waals surface area (Å²) in [6, 6.07) is 68.9. The highest BCUT2D eigenvalue weighted by atomic mass is 15.1. The van der Waals surface area contributed by atoms with E-state index < -0.39 is 0 Å². The smallest absolute Gasteiger partial charge is 0.0468 e. The van der Waals surface area contributed by atoms with Gasteiger partial charge in [0.1, 0.15) is 0 Å². The molecule has 0 fully saturated rings. The normalized spacial score (nSPS) is 13.8. The third kappa shape index (κ3) is 7.03. The lowest BCUT2D eigenvalue weighted by Crippen LogP contribution is -2.10. The van der Waals surface area contributed by atoms with Gasteiger partial charge in [-0.15, -0.1) is 0 Å². The van der Waals surface area contributed by atoms with E-state index in [-0.39, 0.29) is 0 Å². The Labute approximate surface area is 353 Å². The molecule has 288 valence electrons. The van der Waals surface area contributed by atoms with Crippen molar-refractivity contribution >= 4 is 55.0 Å². The largest absolute Gasteiger partial charge is 0.310 e. The van der Waals surface area contributed by atoms with E-state index >= 15 is 0 Å². The maximum atomic E-state index is 4.66. The number of nitrogens with zero attached hydrogens (tertiary/aromatic N) is 1. The predicted octanol–water partition coefficient (Wildman–Crippen LogP) is 16.6. The van der Waals surface area contributed by atoms with Crippen LogP contribution in [0.25, 0.3) is 60.1 Å². The number of fused-ring (bicyclic) bond motifs is 6. The topological polar surface area (TPSA) is 3.24 Å². The average molecular weight is 770 g/mol. The van der Waals surface area contributed by atoms with Crippen LogP contribution in [0.4, 0.5) is 17.1 Å². The molecule has 9 aromatic rings. The molecule has 1 atom stereocenters. The van der Waals surface area contributed by atoms with E-state index in [4.69, 9.17) is 0 Å². The first-order chi connectivity index (χ1) is 29.5. The number of aryl methyl sites for hydroxylation is 2. The summed E-state index contributed by atoms with van der Waals surface area (Å²) < 4.78 is 0. The molecule has 10 rings (SSSR count). The molecule has 0 saturated carbocycles. The second-order valence-corrected chi connectivity index (χ2v) is 16.3. The minimum atomic E-state index is 0.400. The zero-order chi connectivity index (χ0) is 40.6. The van der Waals surface area contributed by atoms with E-state index in [1.165, 1.54) is 82.4 Å². The Balaban J connectivity index is 0.993. The van der Waals surface area contributed by atoms with Crippen LogP contribution in [0.3, 0.4) is 0 Å². The highest BCUT2D eigenvalue weighted by molar-refractivity contribution is 6.25. The van der Waals surface area contributed by atoms with E-state index in [0.29, 0.717) is 5.92 Å². The van der Waals surface area contributed by atoms with Crippen molar-refractivity contribution < 1.29 is 0 Å². The van der Waals surface area contributed by atoms with Crippen molar-refractivity contribution in [1.82, 2.24) is 0 Å². The summed E-state index contributed by atoms with van der Waals surface area (Å²) in [5.74, 6) is 0.400. The molecule has 9 aromatic carbocycles. The molecule has 1 heteroatoms. The van der Waals surface area contributed by atoms with Gasteiger partial charge in [-0.2, -0.15) is 0 Å². The van der Waals surface area contributed by atoms with Crippen LogP contribution in [0.2, 0.25) is 0 Å². The lowest BCUT2D eigenvalue weighted by Gasteiger charge is -2.27. The van der Waals surface area contributed by atoms with Crippen LogP contribution in [0, 0.1) is 13.8 Å². The first-order valence-electron chi connectivity index (χ1n) is 21.1. The summed E-state index contributed by atoms with van der Waals surface area (Å²) >= 11 is 0. The molecule has 1 nitrogen and oxygen atoms in total. The van der Waals surface area contributed by atoms with Gasteiger partial charge < -0.3 is 4.90 Å². The number of rotatable bonds is 9. The van der Waals surface area contributed by atoms with Crippen molar-refractivity contribution in [1.29, 1.82) is 0 Å². The lowest BCUT2D eigenvalue weighted by atomic mass is 9.85. The van der Waals surface area contributed by atoms with Crippen LogP contribution in [0.5, 0.6) is 0 Å². The number of benzene rings is 9. The third-order valence-electron chi connectivity index (χ3n) is 12.3. The monoisotopic (exact) mass is 769 g/mol. The van der Waals surface area contributed by atoms with Gasteiger partial charge in [0.05, 0.1) is 0 Å². The van der Waals surface area contributed by atoms with Crippen molar-refractivity contribution in [3.63, 3.8) is 0 Å². The van der Waals surface area contributed by atoms with Gasteiger partial charge in [0.2, 0.25) is 0 Å². The Morgan fingerprint density at radius 3 is 1.87 bits per heavy atom. The Kier molecular flexibility index (Phi) is 9.79. The van der Waals surface area contributed by atoms with Crippen LogP contribution in [-0.4, -0.2) is 0 Å². The van der Waals surface area contributed by atoms with Gasteiger partial charge in [-0.25, -0.2) is 0 Å². The fraction of sp³-hybridized carbons (Fsp3) is 0.0847. The zero-order valence-electron chi connectivity index (χ0n) is 34.3. The summed E-state index contributed by atoms with van der Waals surface area (Å²) in [4.78, 5) is 2.39. The lowest BCUT2D eigenvalue weighted by molar-refractivity contribution is 0.839. The molecule has 60 heavy (non-hydrogen) atoms. The summed E-state index contributed by atoms with van der Waals surface area (Å²) in [6.45, 7) is 9.04. The van der Waals surface area contributed by atoms with E-state index in [9.17, 15) is 0 Å². The molecule has 0 bridgehead atoms. The zero-order valence-corrected chi connectivity index (χ0v) is 34.3. The minimum absolute atomic E-state index is 0.400. The van der Waals surface area contributed by atoms with Gasteiger partial charge in [0.15, 0.2) is 0 Å². The Morgan fingerprint density at radius 2 is 1.13 bits per heavy atom. The molecule has 0 saturated heterocycles. The molecule has 0 radical (unpaired) electrons. The van der Waals surface area contributed by atoms with Crippen LogP contribution >= 0.6 is 0 Å². The van der Waals surface area contributed by atoms with Gasteiger partial charge in [0.25, 0.3) is 0 Å². The Hall–Kier alpha value is -7.22. The van der Waals surface area contributed by atoms with E-state index in [2.05, 4.69) is 232 Å². The standard InChI is InChI=1S/C59H47N/c1-40-15-13-20-49(35-40)60(50-33-34-57-55-25-10-9-23-53(55)54-24-11-12-26-56(54)59(57)39-50)48-31-29-45(30-32-48)47-28-27-41(2)58(38-47)52-22-8-7-21-51(52)42(3)36-43-16-14-19-46(37-43)44-17-5-4-6-18-44/h4-18,20-35,37-39,46H,3,19,36H2,1-2H3. The molecule has 0 aromatic heterocycles. The van der Waals surface area contributed by atoms with Crippen molar-refractivity contribution in [2.24, 2.45) is 0 Å². The Bertz CT molecular complexity index is 3090. The third-order valence-corrected chi connectivity index (χ3v) is 12.3. The van der Waals surface area contributed by atoms with Gasteiger partial charge >= 0.3 is 0 Å².